The van der Waals surface area contributed by atoms with Crippen LogP contribution in [0.2, 0.25) is 0 Å². The number of thiazole rings is 1. The Kier molecular flexibility index (Phi) is 4.97. The van der Waals surface area contributed by atoms with Crippen LogP contribution < -0.4 is 0 Å². The van der Waals surface area contributed by atoms with Crippen molar-refractivity contribution in [3.8, 4) is 10.6 Å². The van der Waals surface area contributed by atoms with Crippen molar-refractivity contribution in [2.75, 3.05) is 11.9 Å². The molecular weight excluding hydrogens is 344 g/mol. The third-order valence-corrected chi connectivity index (χ3v) is 3.81. The summed E-state index contributed by atoms with van der Waals surface area (Å²) in [5.74, 6) is -0.517. The molecule has 0 saturated heterocycles. The van der Waals surface area contributed by atoms with Gasteiger partial charge in [-0.1, -0.05) is 15.9 Å². The number of esters is 1. The van der Waals surface area contributed by atoms with Crippen LogP contribution >= 0.6 is 27.3 Å². The summed E-state index contributed by atoms with van der Waals surface area (Å²) in [7, 11) is 0. The number of hydrogen-bond donors (Lipinski definition) is 0. The molecule has 0 unspecified atom stereocenters. The molecule has 20 heavy (non-hydrogen) atoms. The van der Waals surface area contributed by atoms with Gasteiger partial charge in [0.25, 0.3) is 0 Å². The Balaban J connectivity index is 2.20. The summed E-state index contributed by atoms with van der Waals surface area (Å²) in [5, 5.41) is 2.55. The largest absolute Gasteiger partial charge is 0.461 e. The number of carbonyl (C=O) groups excluding carboxylic acids is 2. The molecule has 2 heterocycles. The van der Waals surface area contributed by atoms with Gasteiger partial charge in [-0.25, -0.2) is 9.78 Å². The van der Waals surface area contributed by atoms with Crippen molar-refractivity contribution in [1.82, 2.24) is 9.97 Å². The number of ketones is 1. The standard InChI is InChI=1S/C13H11BrN2O3S/c1-2-19-13(18)10-7-20-12(16-10)8-3-4-9(15-6-8)11(17)5-14/h3-4,6-7H,2,5H2,1H3. The van der Waals surface area contributed by atoms with E-state index in [0.29, 0.717) is 17.3 Å². The first-order valence-electron chi connectivity index (χ1n) is 5.84. The highest BCUT2D eigenvalue weighted by Gasteiger charge is 2.13. The van der Waals surface area contributed by atoms with E-state index in [1.165, 1.54) is 11.3 Å². The fourth-order valence-corrected chi connectivity index (χ4v) is 2.53. The molecule has 0 N–H and O–H groups in total. The third-order valence-electron chi connectivity index (χ3n) is 2.41. The molecule has 0 bridgehead atoms. The second-order valence-electron chi connectivity index (χ2n) is 3.75. The van der Waals surface area contributed by atoms with Gasteiger partial charge in [0.1, 0.15) is 10.7 Å². The summed E-state index contributed by atoms with van der Waals surface area (Å²) in [5.41, 5.74) is 1.44. The lowest BCUT2D eigenvalue weighted by Gasteiger charge is -1.99. The molecule has 0 atom stereocenters. The Morgan fingerprint density at radius 1 is 1.35 bits per heavy atom. The molecular formula is C13H11BrN2O3S. The Morgan fingerprint density at radius 3 is 2.75 bits per heavy atom. The van der Waals surface area contributed by atoms with Crippen LogP contribution in [0.25, 0.3) is 10.6 Å². The Morgan fingerprint density at radius 2 is 2.15 bits per heavy atom. The van der Waals surface area contributed by atoms with E-state index < -0.39 is 5.97 Å². The van der Waals surface area contributed by atoms with Crippen molar-refractivity contribution in [3.63, 3.8) is 0 Å². The number of Topliss-reactive ketones (excluding diaryl/α,β-unsaturated/α-hetero) is 1. The molecule has 0 amide bonds. The van der Waals surface area contributed by atoms with Gasteiger partial charge in [0.15, 0.2) is 11.5 Å². The number of carbonyl (C=O) groups is 2. The van der Waals surface area contributed by atoms with Crippen molar-refractivity contribution in [3.05, 3.63) is 35.1 Å². The van der Waals surface area contributed by atoms with E-state index in [1.54, 1.807) is 30.6 Å². The van der Waals surface area contributed by atoms with Gasteiger partial charge in [0, 0.05) is 17.1 Å². The molecule has 2 aromatic heterocycles. The molecule has 0 aromatic carbocycles. The number of halogens is 1. The molecule has 2 aromatic rings. The van der Waals surface area contributed by atoms with Crippen molar-refractivity contribution in [1.29, 1.82) is 0 Å². The zero-order valence-corrected chi connectivity index (χ0v) is 13.0. The lowest BCUT2D eigenvalue weighted by Crippen LogP contribution is -2.04. The summed E-state index contributed by atoms with van der Waals surface area (Å²) in [6.45, 7) is 2.06. The quantitative estimate of drug-likeness (QED) is 0.469. The minimum absolute atomic E-state index is 0.0806. The first-order valence-corrected chi connectivity index (χ1v) is 7.84. The van der Waals surface area contributed by atoms with Crippen LogP contribution in [0.15, 0.2) is 23.7 Å². The molecule has 0 fully saturated rings. The second kappa shape index (κ2) is 6.71. The van der Waals surface area contributed by atoms with Crippen molar-refractivity contribution < 1.29 is 14.3 Å². The number of nitrogens with zero attached hydrogens (tertiary/aromatic N) is 2. The number of ether oxygens (including phenoxy) is 1. The Hall–Kier alpha value is -1.60. The van der Waals surface area contributed by atoms with Crippen LogP contribution in [0.1, 0.15) is 27.9 Å². The minimum atomic E-state index is -0.436. The van der Waals surface area contributed by atoms with Gasteiger partial charge in [-0.15, -0.1) is 11.3 Å². The van der Waals surface area contributed by atoms with E-state index in [9.17, 15) is 9.59 Å². The SMILES string of the molecule is CCOC(=O)c1csc(-c2ccc(C(=O)CBr)nc2)n1. The second-order valence-corrected chi connectivity index (χ2v) is 5.17. The fourth-order valence-electron chi connectivity index (χ4n) is 1.46. The molecule has 0 saturated carbocycles. The van der Waals surface area contributed by atoms with Crippen LogP contribution in [0.3, 0.4) is 0 Å². The van der Waals surface area contributed by atoms with Crippen LogP contribution in [0, 0.1) is 0 Å². The van der Waals surface area contributed by atoms with Crippen LogP contribution in [-0.2, 0) is 4.74 Å². The molecule has 0 aliphatic heterocycles. The smallest absolute Gasteiger partial charge is 0.357 e. The van der Waals surface area contributed by atoms with E-state index in [4.69, 9.17) is 4.74 Å². The molecule has 104 valence electrons. The lowest BCUT2D eigenvalue weighted by atomic mass is 10.2. The predicted molar refractivity (Wildman–Crippen MR) is 79.4 cm³/mol. The first-order chi connectivity index (χ1) is 9.65. The van der Waals surface area contributed by atoms with Gasteiger partial charge in [-0.2, -0.15) is 0 Å². The number of aromatic nitrogens is 2. The monoisotopic (exact) mass is 354 g/mol. The molecule has 0 aliphatic carbocycles. The average Bonchev–Trinajstić information content (AvgIpc) is 2.97. The normalized spacial score (nSPS) is 10.3. The maximum Gasteiger partial charge on any atom is 0.357 e. The van der Waals surface area contributed by atoms with Gasteiger partial charge < -0.3 is 4.74 Å². The molecule has 2 rings (SSSR count). The fraction of sp³-hybridized carbons (Fsp3) is 0.231. The van der Waals surface area contributed by atoms with E-state index in [1.807, 2.05) is 0 Å². The summed E-state index contributed by atoms with van der Waals surface area (Å²) >= 11 is 4.43. The third kappa shape index (κ3) is 3.29. The van der Waals surface area contributed by atoms with Crippen LogP contribution in [0.5, 0.6) is 0 Å². The highest BCUT2D eigenvalue weighted by atomic mass is 79.9. The summed E-state index contributed by atoms with van der Waals surface area (Å²) in [4.78, 5) is 31.3. The minimum Gasteiger partial charge on any atom is -0.461 e. The zero-order valence-electron chi connectivity index (χ0n) is 10.6. The highest BCUT2D eigenvalue weighted by molar-refractivity contribution is 9.09. The molecule has 7 heteroatoms. The molecule has 5 nitrogen and oxygen atoms in total. The maximum absolute atomic E-state index is 11.5. The zero-order chi connectivity index (χ0) is 14.5. The van der Waals surface area contributed by atoms with E-state index in [0.717, 1.165) is 5.56 Å². The first kappa shape index (κ1) is 14.8. The summed E-state index contributed by atoms with van der Waals surface area (Å²) in [6, 6.07) is 3.40. The predicted octanol–water partition coefficient (Wildman–Crippen LogP) is 2.96. The Bertz CT molecular complexity index is 625. The molecule has 0 radical (unpaired) electrons. The molecule has 0 spiro atoms. The van der Waals surface area contributed by atoms with E-state index in [2.05, 4.69) is 25.9 Å². The van der Waals surface area contributed by atoms with Crippen LogP contribution in [-0.4, -0.2) is 33.7 Å². The van der Waals surface area contributed by atoms with Gasteiger partial charge in [0.05, 0.1) is 11.9 Å². The lowest BCUT2D eigenvalue weighted by molar-refractivity contribution is 0.0520. The van der Waals surface area contributed by atoms with Gasteiger partial charge in [-0.05, 0) is 19.1 Å². The number of pyridine rings is 1. The van der Waals surface area contributed by atoms with Gasteiger partial charge in [0.2, 0.25) is 0 Å². The maximum atomic E-state index is 11.5. The number of rotatable bonds is 5. The molecule has 0 aliphatic rings. The van der Waals surface area contributed by atoms with Crippen molar-refractivity contribution in [2.24, 2.45) is 0 Å². The summed E-state index contributed by atoms with van der Waals surface area (Å²) < 4.78 is 4.88. The van der Waals surface area contributed by atoms with Crippen molar-refractivity contribution >= 4 is 39.0 Å². The average molecular weight is 355 g/mol. The number of hydrogen-bond acceptors (Lipinski definition) is 6. The van der Waals surface area contributed by atoms with E-state index in [-0.39, 0.29) is 16.8 Å². The topological polar surface area (TPSA) is 69.2 Å². The van der Waals surface area contributed by atoms with Gasteiger partial charge in [-0.3, -0.25) is 9.78 Å². The van der Waals surface area contributed by atoms with Crippen LogP contribution in [0.4, 0.5) is 0 Å². The highest BCUT2D eigenvalue weighted by Crippen LogP contribution is 2.23. The number of alkyl halides is 1. The van der Waals surface area contributed by atoms with Crippen molar-refractivity contribution in [2.45, 2.75) is 6.92 Å². The summed E-state index contributed by atoms with van der Waals surface area (Å²) in [6.07, 6.45) is 1.57. The van der Waals surface area contributed by atoms with E-state index >= 15 is 0 Å². The Labute approximate surface area is 128 Å². The van der Waals surface area contributed by atoms with Gasteiger partial charge >= 0.3 is 5.97 Å².